The van der Waals surface area contributed by atoms with Gasteiger partial charge in [0.15, 0.2) is 0 Å². The van der Waals surface area contributed by atoms with Gasteiger partial charge < -0.3 is 15.2 Å². The molecule has 1 aliphatic rings. The number of benzene rings is 1. The molecule has 1 fully saturated rings. The van der Waals surface area contributed by atoms with Crippen LogP contribution in [0.1, 0.15) is 18.5 Å². The zero-order valence-corrected chi connectivity index (χ0v) is 13.1. The van der Waals surface area contributed by atoms with E-state index in [9.17, 15) is 18.8 Å². The number of carbonyl (C=O) groups excluding carboxylic acids is 3. The molecule has 1 aromatic heterocycles. The standard InChI is InChI=1S/C16H17FN4O3/c1-21(14(22)5-4-13-15(23)20-16(24)19-13)8-11-7-9-6-10(17)2-3-12(9)18-11/h2-3,6-7,13,18H,4-5,8H2,1H3,(H2,19,20,23,24)/t13-/m0/s1. The van der Waals surface area contributed by atoms with Crippen LogP contribution >= 0.6 is 0 Å². The predicted molar refractivity (Wildman–Crippen MR) is 84.4 cm³/mol. The van der Waals surface area contributed by atoms with Crippen LogP contribution in [-0.4, -0.2) is 40.8 Å². The topological polar surface area (TPSA) is 94.3 Å². The molecule has 24 heavy (non-hydrogen) atoms. The average Bonchev–Trinajstić information content (AvgIpc) is 3.06. The van der Waals surface area contributed by atoms with Crippen molar-refractivity contribution in [2.24, 2.45) is 0 Å². The molecule has 7 nitrogen and oxygen atoms in total. The fourth-order valence-corrected chi connectivity index (χ4v) is 2.71. The lowest BCUT2D eigenvalue weighted by Crippen LogP contribution is -2.32. The van der Waals surface area contributed by atoms with Gasteiger partial charge in [-0.05, 0) is 30.7 Å². The van der Waals surface area contributed by atoms with Gasteiger partial charge >= 0.3 is 6.03 Å². The molecular formula is C16H17FN4O3. The van der Waals surface area contributed by atoms with Crippen LogP contribution < -0.4 is 10.6 Å². The molecule has 1 atom stereocenters. The lowest BCUT2D eigenvalue weighted by atomic mass is 10.1. The monoisotopic (exact) mass is 332 g/mol. The second kappa shape index (κ2) is 6.31. The van der Waals surface area contributed by atoms with Crippen LogP contribution in [0.4, 0.5) is 9.18 Å². The highest BCUT2D eigenvalue weighted by Crippen LogP contribution is 2.18. The van der Waals surface area contributed by atoms with Crippen molar-refractivity contribution in [1.82, 2.24) is 20.5 Å². The second-order valence-corrected chi connectivity index (χ2v) is 5.83. The lowest BCUT2D eigenvalue weighted by Gasteiger charge is -2.17. The minimum absolute atomic E-state index is 0.143. The SMILES string of the molecule is CN(Cc1cc2cc(F)ccc2[nH]1)C(=O)CC[C@@H]1NC(=O)NC1=O. The minimum atomic E-state index is -0.661. The number of aromatic amines is 1. The van der Waals surface area contributed by atoms with E-state index >= 15 is 0 Å². The normalized spacial score (nSPS) is 17.0. The van der Waals surface area contributed by atoms with E-state index in [1.54, 1.807) is 19.2 Å². The highest BCUT2D eigenvalue weighted by Gasteiger charge is 2.29. The first-order chi connectivity index (χ1) is 11.4. The quantitative estimate of drug-likeness (QED) is 0.719. The summed E-state index contributed by atoms with van der Waals surface area (Å²) in [4.78, 5) is 39.3. The van der Waals surface area contributed by atoms with Crippen molar-refractivity contribution < 1.29 is 18.8 Å². The van der Waals surface area contributed by atoms with Gasteiger partial charge in [0.2, 0.25) is 5.91 Å². The maximum Gasteiger partial charge on any atom is 0.322 e. The summed E-state index contributed by atoms with van der Waals surface area (Å²) in [6.07, 6.45) is 0.391. The largest absolute Gasteiger partial charge is 0.357 e. The molecule has 1 aromatic carbocycles. The molecule has 2 heterocycles. The molecule has 8 heteroatoms. The summed E-state index contributed by atoms with van der Waals surface area (Å²) >= 11 is 0. The van der Waals surface area contributed by atoms with Crippen molar-refractivity contribution in [3.63, 3.8) is 0 Å². The number of aromatic nitrogens is 1. The Bertz CT molecular complexity index is 817. The van der Waals surface area contributed by atoms with Crippen molar-refractivity contribution in [3.8, 4) is 0 Å². The van der Waals surface area contributed by atoms with Crippen LogP contribution in [-0.2, 0) is 16.1 Å². The Morgan fingerprint density at radius 1 is 1.29 bits per heavy atom. The van der Waals surface area contributed by atoms with E-state index in [4.69, 9.17) is 0 Å². The number of carbonyl (C=O) groups is 3. The highest BCUT2D eigenvalue weighted by atomic mass is 19.1. The van der Waals surface area contributed by atoms with Gasteiger partial charge in [0.05, 0.1) is 6.54 Å². The molecule has 4 amide bonds. The number of nitrogens with one attached hydrogen (secondary N) is 3. The number of halogens is 1. The third-order valence-corrected chi connectivity index (χ3v) is 3.98. The van der Waals surface area contributed by atoms with Gasteiger partial charge in [-0.15, -0.1) is 0 Å². The minimum Gasteiger partial charge on any atom is -0.357 e. The molecule has 3 rings (SSSR count). The molecule has 0 spiro atoms. The first kappa shape index (κ1) is 16.0. The number of hydrogen-bond donors (Lipinski definition) is 3. The molecular weight excluding hydrogens is 315 g/mol. The maximum absolute atomic E-state index is 13.2. The van der Waals surface area contributed by atoms with E-state index in [2.05, 4.69) is 15.6 Å². The Balaban J connectivity index is 1.57. The van der Waals surface area contributed by atoms with Crippen molar-refractivity contribution in [1.29, 1.82) is 0 Å². The van der Waals surface area contributed by atoms with Gasteiger partial charge in [-0.25, -0.2) is 9.18 Å². The third kappa shape index (κ3) is 3.37. The summed E-state index contributed by atoms with van der Waals surface area (Å²) in [5.41, 5.74) is 1.59. The molecule has 0 bridgehead atoms. The number of nitrogens with zero attached hydrogens (tertiary/aromatic N) is 1. The Kier molecular flexibility index (Phi) is 4.20. The van der Waals surface area contributed by atoms with Crippen LogP contribution in [0.5, 0.6) is 0 Å². The van der Waals surface area contributed by atoms with E-state index < -0.39 is 18.0 Å². The smallest absolute Gasteiger partial charge is 0.322 e. The molecule has 3 N–H and O–H groups in total. The van der Waals surface area contributed by atoms with Gasteiger partial charge in [0.1, 0.15) is 11.9 Å². The summed E-state index contributed by atoms with van der Waals surface area (Å²) in [5.74, 6) is -0.865. The lowest BCUT2D eigenvalue weighted by molar-refractivity contribution is -0.130. The number of imide groups is 1. The van der Waals surface area contributed by atoms with Gasteiger partial charge in [-0.3, -0.25) is 14.9 Å². The molecule has 2 aromatic rings. The van der Waals surface area contributed by atoms with Crippen molar-refractivity contribution in [3.05, 3.63) is 35.8 Å². The van der Waals surface area contributed by atoms with E-state index in [1.165, 1.54) is 17.0 Å². The van der Waals surface area contributed by atoms with E-state index in [0.29, 0.717) is 6.54 Å². The van der Waals surface area contributed by atoms with Crippen LogP contribution in [0.15, 0.2) is 24.3 Å². The Hall–Kier alpha value is -2.90. The molecule has 1 saturated heterocycles. The highest BCUT2D eigenvalue weighted by molar-refractivity contribution is 6.04. The fourth-order valence-electron chi connectivity index (χ4n) is 2.71. The Morgan fingerprint density at radius 2 is 2.08 bits per heavy atom. The second-order valence-electron chi connectivity index (χ2n) is 5.83. The Morgan fingerprint density at radius 3 is 2.79 bits per heavy atom. The fraction of sp³-hybridized carbons (Fsp3) is 0.312. The predicted octanol–water partition coefficient (Wildman–Crippen LogP) is 1.25. The third-order valence-electron chi connectivity index (χ3n) is 3.98. The summed E-state index contributed by atoms with van der Waals surface area (Å²) in [7, 11) is 1.65. The zero-order chi connectivity index (χ0) is 17.3. The maximum atomic E-state index is 13.2. The van der Waals surface area contributed by atoms with Crippen molar-refractivity contribution in [2.75, 3.05) is 7.05 Å². The summed E-state index contributed by atoms with van der Waals surface area (Å²) < 4.78 is 13.2. The first-order valence-electron chi connectivity index (χ1n) is 7.55. The zero-order valence-electron chi connectivity index (χ0n) is 13.1. The number of urea groups is 1. The average molecular weight is 332 g/mol. The number of rotatable bonds is 5. The summed E-state index contributed by atoms with van der Waals surface area (Å²) in [6, 6.07) is 5.06. The summed E-state index contributed by atoms with van der Waals surface area (Å²) in [6.45, 7) is 0.346. The molecule has 126 valence electrons. The van der Waals surface area contributed by atoms with Crippen LogP contribution in [0.2, 0.25) is 0 Å². The molecule has 0 saturated carbocycles. The number of fused-ring (bicyclic) bond motifs is 1. The van der Waals surface area contributed by atoms with Gasteiger partial charge in [-0.1, -0.05) is 0 Å². The first-order valence-corrected chi connectivity index (χ1v) is 7.55. The summed E-state index contributed by atoms with van der Waals surface area (Å²) in [5, 5.41) is 5.33. The van der Waals surface area contributed by atoms with Gasteiger partial charge in [0, 0.05) is 30.1 Å². The Labute approximate surface area is 137 Å². The van der Waals surface area contributed by atoms with E-state index in [1.807, 2.05) is 0 Å². The molecule has 1 aliphatic heterocycles. The molecule has 0 aliphatic carbocycles. The van der Waals surface area contributed by atoms with E-state index in [-0.39, 0.29) is 24.6 Å². The number of amides is 4. The van der Waals surface area contributed by atoms with Gasteiger partial charge in [-0.2, -0.15) is 0 Å². The molecule has 0 radical (unpaired) electrons. The number of hydrogen-bond acceptors (Lipinski definition) is 3. The number of H-pyrrole nitrogens is 1. The molecule has 0 unspecified atom stereocenters. The van der Waals surface area contributed by atoms with Crippen molar-refractivity contribution in [2.45, 2.75) is 25.4 Å². The van der Waals surface area contributed by atoms with Crippen LogP contribution in [0.25, 0.3) is 10.9 Å². The van der Waals surface area contributed by atoms with Crippen LogP contribution in [0, 0.1) is 5.82 Å². The van der Waals surface area contributed by atoms with Crippen molar-refractivity contribution >= 4 is 28.7 Å². The van der Waals surface area contributed by atoms with E-state index in [0.717, 1.165) is 16.6 Å². The van der Waals surface area contributed by atoms with Gasteiger partial charge in [0.25, 0.3) is 5.91 Å². The van der Waals surface area contributed by atoms with Crippen LogP contribution in [0.3, 0.4) is 0 Å².